The number of hydrogen-bond donors (Lipinski definition) is 1. The molecule has 1 aromatic heterocycles. The number of rotatable bonds is 3. The van der Waals surface area contributed by atoms with Crippen molar-refractivity contribution in [2.75, 3.05) is 12.2 Å². The van der Waals surface area contributed by atoms with Gasteiger partial charge in [-0.3, -0.25) is 5.43 Å². The summed E-state index contributed by atoms with van der Waals surface area (Å²) >= 11 is 6.20. The van der Waals surface area contributed by atoms with Crippen LogP contribution in [0.4, 0.5) is 5.82 Å². The third-order valence-electron chi connectivity index (χ3n) is 3.44. The Morgan fingerprint density at radius 1 is 1.17 bits per heavy atom. The second-order valence-corrected chi connectivity index (χ2v) is 5.28. The van der Waals surface area contributed by atoms with Crippen molar-refractivity contribution in [1.82, 2.24) is 10.2 Å². The van der Waals surface area contributed by atoms with Gasteiger partial charge in [0.2, 0.25) is 6.79 Å². The number of fused-ring (bicyclic) bond motifs is 2. The highest BCUT2D eigenvalue weighted by Crippen LogP contribution is 2.36. The van der Waals surface area contributed by atoms with Crippen molar-refractivity contribution in [3.8, 4) is 11.5 Å². The number of benzene rings is 2. The van der Waals surface area contributed by atoms with Crippen molar-refractivity contribution in [2.24, 2.45) is 5.10 Å². The van der Waals surface area contributed by atoms with Gasteiger partial charge in [-0.15, -0.1) is 5.10 Å². The molecule has 114 valence electrons. The van der Waals surface area contributed by atoms with Gasteiger partial charge in [-0.05, 0) is 6.07 Å². The van der Waals surface area contributed by atoms with Crippen LogP contribution in [0.15, 0.2) is 47.7 Å². The Morgan fingerprint density at radius 2 is 2.00 bits per heavy atom. The topological polar surface area (TPSA) is 68.6 Å². The van der Waals surface area contributed by atoms with Crippen molar-refractivity contribution in [3.05, 3.63) is 53.2 Å². The molecule has 0 saturated heterocycles. The maximum atomic E-state index is 6.20. The molecule has 1 aliphatic rings. The standard InChI is InChI=1S/C16H11ClN4O2/c17-13-6-15-14(22-9-23-15)5-11(13)8-19-21-16-12-4-2-1-3-10(12)7-18-20-16/h1-8H,9H2,(H,20,21)/b19-8-. The van der Waals surface area contributed by atoms with Crippen molar-refractivity contribution < 1.29 is 9.47 Å². The summed E-state index contributed by atoms with van der Waals surface area (Å²) in [6.45, 7) is 0.204. The summed E-state index contributed by atoms with van der Waals surface area (Å²) in [5, 5.41) is 14.7. The van der Waals surface area contributed by atoms with E-state index in [-0.39, 0.29) is 6.79 Å². The minimum Gasteiger partial charge on any atom is -0.454 e. The highest BCUT2D eigenvalue weighted by atomic mass is 35.5. The molecule has 0 fully saturated rings. The summed E-state index contributed by atoms with van der Waals surface area (Å²) in [5.74, 6) is 1.87. The SMILES string of the molecule is Clc1cc2c(cc1/C=N\Nc1nncc3ccccc13)OCO2. The van der Waals surface area contributed by atoms with Gasteiger partial charge in [0.15, 0.2) is 17.3 Å². The molecular weight excluding hydrogens is 316 g/mol. The van der Waals surface area contributed by atoms with E-state index in [1.54, 1.807) is 24.5 Å². The molecule has 0 bridgehead atoms. The molecule has 4 rings (SSSR count). The van der Waals surface area contributed by atoms with Crippen LogP contribution in [0.3, 0.4) is 0 Å². The molecule has 3 aromatic rings. The normalized spacial score (nSPS) is 12.9. The number of ether oxygens (including phenoxy) is 2. The quantitative estimate of drug-likeness (QED) is 0.589. The first-order chi connectivity index (χ1) is 11.3. The third kappa shape index (κ3) is 2.64. The first kappa shape index (κ1) is 13.8. The summed E-state index contributed by atoms with van der Waals surface area (Å²) < 4.78 is 10.6. The lowest BCUT2D eigenvalue weighted by Gasteiger charge is -2.04. The average molecular weight is 327 g/mol. The van der Waals surface area contributed by atoms with Crippen molar-refractivity contribution in [3.63, 3.8) is 0 Å². The van der Waals surface area contributed by atoms with E-state index in [1.165, 1.54) is 0 Å². The highest BCUT2D eigenvalue weighted by molar-refractivity contribution is 6.33. The maximum Gasteiger partial charge on any atom is 0.231 e. The number of anilines is 1. The van der Waals surface area contributed by atoms with E-state index in [0.29, 0.717) is 22.3 Å². The zero-order valence-corrected chi connectivity index (χ0v) is 12.6. The first-order valence-electron chi connectivity index (χ1n) is 6.90. The molecular formula is C16H11ClN4O2. The van der Waals surface area contributed by atoms with Gasteiger partial charge in [-0.25, -0.2) is 0 Å². The minimum absolute atomic E-state index is 0.204. The van der Waals surface area contributed by atoms with Crippen molar-refractivity contribution in [1.29, 1.82) is 0 Å². The van der Waals surface area contributed by atoms with E-state index < -0.39 is 0 Å². The Labute approximate surface area is 136 Å². The maximum absolute atomic E-state index is 6.20. The van der Waals surface area contributed by atoms with Crippen LogP contribution < -0.4 is 14.9 Å². The number of aromatic nitrogens is 2. The fraction of sp³-hybridized carbons (Fsp3) is 0.0625. The van der Waals surface area contributed by atoms with Gasteiger partial charge in [0.05, 0.1) is 17.4 Å². The predicted octanol–water partition coefficient (Wildman–Crippen LogP) is 3.46. The number of nitrogens with zero attached hydrogens (tertiary/aromatic N) is 3. The Kier molecular flexibility index (Phi) is 3.44. The van der Waals surface area contributed by atoms with E-state index in [0.717, 1.165) is 16.3 Å². The number of halogens is 1. The lowest BCUT2D eigenvalue weighted by molar-refractivity contribution is 0.174. The zero-order valence-electron chi connectivity index (χ0n) is 11.9. The van der Waals surface area contributed by atoms with Crippen LogP contribution in [-0.4, -0.2) is 23.2 Å². The van der Waals surface area contributed by atoms with Crippen LogP contribution in [-0.2, 0) is 0 Å². The van der Waals surface area contributed by atoms with Crippen LogP contribution in [0.2, 0.25) is 5.02 Å². The van der Waals surface area contributed by atoms with Gasteiger partial charge in [0.1, 0.15) is 0 Å². The van der Waals surface area contributed by atoms with Gasteiger partial charge in [-0.1, -0.05) is 35.9 Å². The molecule has 0 spiro atoms. The van der Waals surface area contributed by atoms with Gasteiger partial charge >= 0.3 is 0 Å². The molecule has 2 aromatic carbocycles. The van der Waals surface area contributed by atoms with Crippen molar-refractivity contribution in [2.45, 2.75) is 0 Å². The van der Waals surface area contributed by atoms with Crippen LogP contribution >= 0.6 is 11.6 Å². The van der Waals surface area contributed by atoms with Gasteiger partial charge in [-0.2, -0.15) is 10.2 Å². The number of nitrogens with one attached hydrogen (secondary N) is 1. The smallest absolute Gasteiger partial charge is 0.231 e. The molecule has 23 heavy (non-hydrogen) atoms. The van der Waals surface area contributed by atoms with Crippen LogP contribution in [0.5, 0.6) is 11.5 Å². The fourth-order valence-corrected chi connectivity index (χ4v) is 2.51. The summed E-state index contributed by atoms with van der Waals surface area (Å²) in [6.07, 6.45) is 3.31. The molecule has 6 nitrogen and oxygen atoms in total. The molecule has 1 aliphatic heterocycles. The molecule has 0 aliphatic carbocycles. The van der Waals surface area contributed by atoms with E-state index in [4.69, 9.17) is 21.1 Å². The Balaban J connectivity index is 1.60. The largest absolute Gasteiger partial charge is 0.454 e. The average Bonchev–Trinajstić information content (AvgIpc) is 3.02. The molecule has 7 heteroatoms. The van der Waals surface area contributed by atoms with E-state index in [2.05, 4.69) is 20.7 Å². The van der Waals surface area contributed by atoms with E-state index in [9.17, 15) is 0 Å². The van der Waals surface area contributed by atoms with Gasteiger partial charge < -0.3 is 9.47 Å². The van der Waals surface area contributed by atoms with Crippen LogP contribution in [0, 0.1) is 0 Å². The second-order valence-electron chi connectivity index (χ2n) is 4.88. The predicted molar refractivity (Wildman–Crippen MR) is 88.3 cm³/mol. The van der Waals surface area contributed by atoms with Gasteiger partial charge in [0.25, 0.3) is 0 Å². The number of hydrogen-bond acceptors (Lipinski definition) is 6. The molecule has 1 N–H and O–H groups in total. The Morgan fingerprint density at radius 3 is 2.91 bits per heavy atom. The Hall–Kier alpha value is -2.86. The molecule has 0 radical (unpaired) electrons. The van der Waals surface area contributed by atoms with Crippen LogP contribution in [0.1, 0.15) is 5.56 Å². The molecule has 0 saturated carbocycles. The Bertz CT molecular complexity index is 908. The van der Waals surface area contributed by atoms with Crippen molar-refractivity contribution >= 4 is 34.4 Å². The molecule has 2 heterocycles. The van der Waals surface area contributed by atoms with Crippen LogP contribution in [0.25, 0.3) is 10.8 Å². The molecule has 0 unspecified atom stereocenters. The molecule has 0 atom stereocenters. The monoisotopic (exact) mass is 326 g/mol. The summed E-state index contributed by atoms with van der Waals surface area (Å²) in [5.41, 5.74) is 3.62. The van der Waals surface area contributed by atoms with Gasteiger partial charge in [0, 0.05) is 22.4 Å². The zero-order chi connectivity index (χ0) is 15.6. The third-order valence-corrected chi connectivity index (χ3v) is 3.76. The first-order valence-corrected chi connectivity index (χ1v) is 7.28. The second kappa shape index (κ2) is 5.73. The minimum atomic E-state index is 0.204. The highest BCUT2D eigenvalue weighted by Gasteiger charge is 2.15. The fourth-order valence-electron chi connectivity index (χ4n) is 2.31. The summed E-state index contributed by atoms with van der Waals surface area (Å²) in [6, 6.07) is 11.3. The molecule has 0 amide bonds. The number of hydrazone groups is 1. The summed E-state index contributed by atoms with van der Waals surface area (Å²) in [4.78, 5) is 0. The van der Waals surface area contributed by atoms with E-state index >= 15 is 0 Å². The summed E-state index contributed by atoms with van der Waals surface area (Å²) in [7, 11) is 0. The van der Waals surface area contributed by atoms with E-state index in [1.807, 2.05) is 24.3 Å². The lowest BCUT2D eigenvalue weighted by Crippen LogP contribution is -1.96. The lowest BCUT2D eigenvalue weighted by atomic mass is 10.2.